The molecule has 0 aliphatic heterocycles. The fraction of sp³-hybridized carbons (Fsp3) is 0.150. The van der Waals surface area contributed by atoms with Crippen LogP contribution in [0.15, 0.2) is 60.7 Å². The van der Waals surface area contributed by atoms with E-state index in [4.69, 9.17) is 0 Å². The van der Waals surface area contributed by atoms with Gasteiger partial charge in [0.1, 0.15) is 4.88 Å². The number of rotatable bonds is 5. The number of hydrogen-bond donors (Lipinski definition) is 1. The lowest BCUT2D eigenvalue weighted by molar-refractivity contribution is -0.117. The predicted octanol–water partition coefficient (Wildman–Crippen LogP) is 4.39. The number of anilines is 1. The Morgan fingerprint density at radius 1 is 0.960 bits per heavy atom. The second-order valence-electron chi connectivity index (χ2n) is 6.02. The lowest BCUT2D eigenvalue weighted by Gasteiger charge is -2.02. The van der Waals surface area contributed by atoms with Crippen molar-refractivity contribution in [3.05, 3.63) is 71.1 Å². The Bertz CT molecular complexity index is 915. The molecule has 0 spiro atoms. The summed E-state index contributed by atoms with van der Waals surface area (Å²) in [7, 11) is 0. The first-order chi connectivity index (χ1) is 12.2. The molecule has 2 aromatic carbocycles. The zero-order valence-corrected chi connectivity index (χ0v) is 14.3. The number of nitrogens with one attached hydrogen (secondary N) is 1. The van der Waals surface area contributed by atoms with Crippen LogP contribution in [-0.2, 0) is 4.79 Å². The van der Waals surface area contributed by atoms with Crippen molar-refractivity contribution < 1.29 is 9.59 Å². The highest BCUT2D eigenvalue weighted by Gasteiger charge is 2.31. The average molecular weight is 348 g/mol. The standard InChI is InChI=1S/C20H16N2O2S/c23-17(14-9-5-2-6-10-14)18-16(13-7-3-1-4-8-13)21-20(25-18)22-19(24)15-11-12-15/h1-10,15H,11-12H2,(H,21,22,24). The molecule has 1 saturated carbocycles. The van der Waals surface area contributed by atoms with Gasteiger partial charge < -0.3 is 5.32 Å². The number of aromatic nitrogens is 1. The van der Waals surface area contributed by atoms with E-state index in [-0.39, 0.29) is 17.6 Å². The van der Waals surface area contributed by atoms with Crippen molar-refractivity contribution in [1.29, 1.82) is 0 Å². The van der Waals surface area contributed by atoms with E-state index in [1.165, 1.54) is 11.3 Å². The van der Waals surface area contributed by atoms with Crippen LogP contribution in [0.4, 0.5) is 5.13 Å². The predicted molar refractivity (Wildman–Crippen MR) is 98.8 cm³/mol. The first kappa shape index (κ1) is 15.7. The van der Waals surface area contributed by atoms with Crippen molar-refractivity contribution in [2.75, 3.05) is 5.32 Å². The molecule has 1 N–H and O–H groups in total. The lowest BCUT2D eigenvalue weighted by atomic mass is 10.1. The molecule has 1 amide bonds. The van der Waals surface area contributed by atoms with Crippen molar-refractivity contribution in [1.82, 2.24) is 4.98 Å². The minimum atomic E-state index is -0.0797. The van der Waals surface area contributed by atoms with E-state index >= 15 is 0 Å². The van der Waals surface area contributed by atoms with E-state index in [1.807, 2.05) is 48.5 Å². The molecule has 1 fully saturated rings. The average Bonchev–Trinajstić information content (AvgIpc) is 3.43. The molecule has 124 valence electrons. The quantitative estimate of drug-likeness (QED) is 0.696. The highest BCUT2D eigenvalue weighted by molar-refractivity contribution is 7.18. The molecule has 4 nitrogen and oxygen atoms in total. The molecule has 25 heavy (non-hydrogen) atoms. The van der Waals surface area contributed by atoms with E-state index in [9.17, 15) is 9.59 Å². The van der Waals surface area contributed by atoms with Crippen molar-refractivity contribution in [2.24, 2.45) is 5.92 Å². The van der Waals surface area contributed by atoms with Gasteiger partial charge in [0.2, 0.25) is 11.7 Å². The van der Waals surface area contributed by atoms with E-state index in [1.54, 1.807) is 12.1 Å². The number of carbonyl (C=O) groups is 2. The van der Waals surface area contributed by atoms with Crippen LogP contribution in [0.3, 0.4) is 0 Å². The Morgan fingerprint density at radius 3 is 2.24 bits per heavy atom. The van der Waals surface area contributed by atoms with E-state index in [0.717, 1.165) is 18.4 Å². The smallest absolute Gasteiger partial charge is 0.229 e. The molecule has 3 aromatic rings. The summed E-state index contributed by atoms with van der Waals surface area (Å²) in [5.41, 5.74) is 2.10. The van der Waals surface area contributed by atoms with Gasteiger partial charge in [0.25, 0.3) is 0 Å². The molecular weight excluding hydrogens is 332 g/mol. The number of amides is 1. The molecule has 0 radical (unpaired) electrons. The second kappa shape index (κ2) is 6.61. The van der Waals surface area contributed by atoms with Crippen LogP contribution >= 0.6 is 11.3 Å². The van der Waals surface area contributed by atoms with Gasteiger partial charge in [-0.2, -0.15) is 0 Å². The zero-order valence-electron chi connectivity index (χ0n) is 13.4. The maximum absolute atomic E-state index is 12.9. The van der Waals surface area contributed by atoms with Crippen LogP contribution in [0.2, 0.25) is 0 Å². The van der Waals surface area contributed by atoms with Gasteiger partial charge >= 0.3 is 0 Å². The van der Waals surface area contributed by atoms with E-state index in [0.29, 0.717) is 21.3 Å². The topological polar surface area (TPSA) is 59.1 Å². The molecule has 1 aliphatic carbocycles. The first-order valence-corrected chi connectivity index (χ1v) is 9.01. The fourth-order valence-electron chi connectivity index (χ4n) is 2.59. The Kier molecular flexibility index (Phi) is 4.15. The van der Waals surface area contributed by atoms with Crippen LogP contribution in [0.1, 0.15) is 28.1 Å². The summed E-state index contributed by atoms with van der Waals surface area (Å²) in [6, 6.07) is 18.7. The van der Waals surface area contributed by atoms with Crippen molar-refractivity contribution in [3.8, 4) is 11.3 Å². The maximum Gasteiger partial charge on any atom is 0.229 e. The van der Waals surface area contributed by atoms with E-state index < -0.39 is 0 Å². The summed E-state index contributed by atoms with van der Waals surface area (Å²) in [5.74, 6) is 0.00768. The summed E-state index contributed by atoms with van der Waals surface area (Å²) >= 11 is 1.24. The maximum atomic E-state index is 12.9. The summed E-state index contributed by atoms with van der Waals surface area (Å²) in [4.78, 5) is 30.1. The van der Waals surface area contributed by atoms with Crippen LogP contribution in [-0.4, -0.2) is 16.7 Å². The fourth-order valence-corrected chi connectivity index (χ4v) is 3.55. The summed E-state index contributed by atoms with van der Waals surface area (Å²) < 4.78 is 0. The molecule has 0 unspecified atom stereocenters. The molecule has 0 bridgehead atoms. The van der Waals surface area contributed by atoms with Gasteiger partial charge in [-0.15, -0.1) is 0 Å². The van der Waals surface area contributed by atoms with Gasteiger partial charge in [0.15, 0.2) is 5.13 Å². The van der Waals surface area contributed by atoms with Gasteiger partial charge in [-0.1, -0.05) is 72.0 Å². The normalized spacial score (nSPS) is 13.4. The minimum absolute atomic E-state index is 0.00734. The second-order valence-corrected chi connectivity index (χ2v) is 7.02. The Hall–Kier alpha value is -2.79. The highest BCUT2D eigenvalue weighted by Crippen LogP contribution is 2.35. The van der Waals surface area contributed by atoms with E-state index in [2.05, 4.69) is 10.3 Å². The molecule has 1 aliphatic rings. The summed E-state index contributed by atoms with van der Waals surface area (Å²) in [6.07, 6.45) is 1.86. The van der Waals surface area contributed by atoms with Crippen LogP contribution in [0.5, 0.6) is 0 Å². The van der Waals surface area contributed by atoms with Gasteiger partial charge in [0.05, 0.1) is 5.69 Å². The molecule has 1 heterocycles. The van der Waals surface area contributed by atoms with Gasteiger partial charge in [-0.25, -0.2) is 4.98 Å². The van der Waals surface area contributed by atoms with Gasteiger partial charge in [-0.3, -0.25) is 9.59 Å². The van der Waals surface area contributed by atoms with Gasteiger partial charge in [-0.05, 0) is 12.8 Å². The number of hydrogen-bond acceptors (Lipinski definition) is 4. The third-order valence-corrected chi connectivity index (χ3v) is 5.06. The van der Waals surface area contributed by atoms with Crippen LogP contribution in [0, 0.1) is 5.92 Å². The SMILES string of the molecule is O=C(c1ccccc1)c1sc(NC(=O)C2CC2)nc1-c1ccccc1. The summed E-state index contributed by atoms with van der Waals surface area (Å²) in [5, 5.41) is 3.34. The number of benzene rings is 2. The number of nitrogens with zero attached hydrogens (tertiary/aromatic N) is 1. The first-order valence-electron chi connectivity index (χ1n) is 8.19. The molecule has 1 aromatic heterocycles. The lowest BCUT2D eigenvalue weighted by Crippen LogP contribution is -2.12. The monoisotopic (exact) mass is 348 g/mol. The largest absolute Gasteiger partial charge is 0.302 e. The Labute approximate surface area is 149 Å². The van der Waals surface area contributed by atoms with Crippen LogP contribution in [0.25, 0.3) is 11.3 Å². The number of ketones is 1. The molecule has 0 saturated heterocycles. The zero-order chi connectivity index (χ0) is 17.2. The molecule has 0 atom stereocenters. The Morgan fingerprint density at radius 2 is 1.60 bits per heavy atom. The third kappa shape index (κ3) is 3.37. The van der Waals surface area contributed by atoms with Crippen LogP contribution < -0.4 is 5.32 Å². The van der Waals surface area contributed by atoms with Crippen molar-refractivity contribution in [2.45, 2.75) is 12.8 Å². The minimum Gasteiger partial charge on any atom is -0.302 e. The van der Waals surface area contributed by atoms with Crippen molar-refractivity contribution in [3.63, 3.8) is 0 Å². The molecular formula is C20H16N2O2S. The number of carbonyl (C=O) groups excluding carboxylic acids is 2. The molecule has 4 rings (SSSR count). The third-order valence-electron chi connectivity index (χ3n) is 4.09. The van der Waals surface area contributed by atoms with Crippen molar-refractivity contribution >= 4 is 28.2 Å². The Balaban J connectivity index is 1.74. The van der Waals surface area contributed by atoms with Gasteiger partial charge in [0, 0.05) is 17.0 Å². The summed E-state index contributed by atoms with van der Waals surface area (Å²) in [6.45, 7) is 0. The molecule has 5 heteroatoms. The highest BCUT2D eigenvalue weighted by atomic mass is 32.1. The number of thiazole rings is 1.